The van der Waals surface area contributed by atoms with Gasteiger partial charge in [0, 0.05) is 6.04 Å². The van der Waals surface area contributed by atoms with Crippen LogP contribution in [0.3, 0.4) is 0 Å². The molecule has 0 unspecified atom stereocenters. The van der Waals surface area contributed by atoms with Crippen molar-refractivity contribution in [2.45, 2.75) is 45.6 Å². The molecule has 0 aliphatic heterocycles. The molecule has 1 aliphatic rings. The van der Waals surface area contributed by atoms with Crippen LogP contribution < -0.4 is 5.32 Å². The first-order valence-corrected chi connectivity index (χ1v) is 5.12. The molecule has 0 atom stereocenters. The first kappa shape index (κ1) is 10.4. The van der Waals surface area contributed by atoms with Gasteiger partial charge in [0.2, 0.25) is 0 Å². The molecule has 1 amide bonds. The van der Waals surface area contributed by atoms with E-state index in [9.17, 15) is 4.79 Å². The van der Waals surface area contributed by atoms with E-state index in [0.717, 1.165) is 25.7 Å². The molecule has 3 heteroatoms. The van der Waals surface area contributed by atoms with Crippen molar-refractivity contribution >= 4 is 6.09 Å². The van der Waals surface area contributed by atoms with Gasteiger partial charge in [-0.1, -0.05) is 13.8 Å². The standard InChI is InChI=1S/C10H19NO2/c1-8(2)4-3-7-13-10(12)11-9-5-6-9/h8-9H,3-7H2,1-2H3,(H,11,12). The molecule has 1 aliphatic carbocycles. The van der Waals surface area contributed by atoms with Gasteiger partial charge in [-0.3, -0.25) is 0 Å². The minimum absolute atomic E-state index is 0.244. The maximum Gasteiger partial charge on any atom is 0.407 e. The zero-order chi connectivity index (χ0) is 9.68. The summed E-state index contributed by atoms with van der Waals surface area (Å²) < 4.78 is 4.99. The van der Waals surface area contributed by atoms with E-state index < -0.39 is 0 Å². The average molecular weight is 185 g/mol. The van der Waals surface area contributed by atoms with Crippen LogP contribution in [0.15, 0.2) is 0 Å². The maximum absolute atomic E-state index is 11.0. The Bertz CT molecular complexity index is 164. The predicted octanol–water partition coefficient (Wildman–Crippen LogP) is 2.31. The molecule has 0 radical (unpaired) electrons. The molecule has 0 bridgehead atoms. The first-order valence-electron chi connectivity index (χ1n) is 5.12. The molecule has 0 aromatic carbocycles. The fourth-order valence-corrected chi connectivity index (χ4v) is 1.09. The van der Waals surface area contributed by atoms with E-state index in [1.54, 1.807) is 0 Å². The van der Waals surface area contributed by atoms with Crippen molar-refractivity contribution in [3.05, 3.63) is 0 Å². The molecule has 1 saturated carbocycles. The highest BCUT2D eigenvalue weighted by molar-refractivity contribution is 5.67. The summed E-state index contributed by atoms with van der Waals surface area (Å²) in [5, 5.41) is 2.78. The van der Waals surface area contributed by atoms with Crippen molar-refractivity contribution in [3.8, 4) is 0 Å². The van der Waals surface area contributed by atoms with Gasteiger partial charge in [0.1, 0.15) is 0 Å². The van der Waals surface area contributed by atoms with Crippen LogP contribution in [0.2, 0.25) is 0 Å². The van der Waals surface area contributed by atoms with Crippen LogP contribution in [0.5, 0.6) is 0 Å². The molecule has 13 heavy (non-hydrogen) atoms. The second kappa shape index (κ2) is 5.10. The van der Waals surface area contributed by atoms with E-state index in [4.69, 9.17) is 4.74 Å². The first-order chi connectivity index (χ1) is 6.18. The highest BCUT2D eigenvalue weighted by atomic mass is 16.5. The van der Waals surface area contributed by atoms with Gasteiger partial charge in [0.15, 0.2) is 0 Å². The quantitative estimate of drug-likeness (QED) is 0.667. The summed E-state index contributed by atoms with van der Waals surface area (Å²) in [6.07, 6.45) is 4.07. The lowest BCUT2D eigenvalue weighted by molar-refractivity contribution is 0.142. The smallest absolute Gasteiger partial charge is 0.407 e. The Kier molecular flexibility index (Phi) is 4.06. The molecule has 0 heterocycles. The third-order valence-corrected chi connectivity index (χ3v) is 2.06. The Morgan fingerprint density at radius 3 is 2.77 bits per heavy atom. The number of hydrogen-bond acceptors (Lipinski definition) is 2. The number of amides is 1. The highest BCUT2D eigenvalue weighted by Gasteiger charge is 2.23. The normalized spacial score (nSPS) is 15.9. The lowest BCUT2D eigenvalue weighted by atomic mass is 10.1. The van der Waals surface area contributed by atoms with E-state index in [1.807, 2.05) is 0 Å². The molecular formula is C10H19NO2. The van der Waals surface area contributed by atoms with Crippen LogP contribution in [-0.4, -0.2) is 18.7 Å². The lowest BCUT2D eigenvalue weighted by Gasteiger charge is -2.06. The average Bonchev–Trinajstić information content (AvgIpc) is 2.81. The summed E-state index contributed by atoms with van der Waals surface area (Å²) in [7, 11) is 0. The van der Waals surface area contributed by atoms with Crippen molar-refractivity contribution in [2.75, 3.05) is 6.61 Å². The topological polar surface area (TPSA) is 38.3 Å². The van der Waals surface area contributed by atoms with Gasteiger partial charge in [0.05, 0.1) is 6.61 Å². The zero-order valence-corrected chi connectivity index (χ0v) is 8.51. The molecule has 1 rings (SSSR count). The van der Waals surface area contributed by atoms with Crippen molar-refractivity contribution in [2.24, 2.45) is 5.92 Å². The van der Waals surface area contributed by atoms with E-state index in [2.05, 4.69) is 19.2 Å². The SMILES string of the molecule is CC(C)CCCOC(=O)NC1CC1. The van der Waals surface area contributed by atoms with Crippen LogP contribution in [0.25, 0.3) is 0 Å². The molecule has 1 N–H and O–H groups in total. The molecule has 1 fully saturated rings. The van der Waals surface area contributed by atoms with Crippen molar-refractivity contribution in [3.63, 3.8) is 0 Å². The van der Waals surface area contributed by atoms with Crippen LogP contribution in [-0.2, 0) is 4.74 Å². The molecule has 0 aromatic heterocycles. The summed E-state index contributed by atoms with van der Waals surface area (Å²) in [6.45, 7) is 4.89. The van der Waals surface area contributed by atoms with E-state index in [-0.39, 0.29) is 6.09 Å². The second-order valence-electron chi connectivity index (χ2n) is 4.09. The molecular weight excluding hydrogens is 166 g/mol. The number of nitrogens with one attached hydrogen (secondary N) is 1. The van der Waals surface area contributed by atoms with Gasteiger partial charge in [-0.25, -0.2) is 4.79 Å². The Morgan fingerprint density at radius 2 is 2.23 bits per heavy atom. The molecule has 0 saturated heterocycles. The van der Waals surface area contributed by atoms with Crippen molar-refractivity contribution in [1.29, 1.82) is 0 Å². The Hall–Kier alpha value is -0.730. The summed E-state index contributed by atoms with van der Waals surface area (Å²) in [5.41, 5.74) is 0. The van der Waals surface area contributed by atoms with Crippen molar-refractivity contribution in [1.82, 2.24) is 5.32 Å². The largest absolute Gasteiger partial charge is 0.450 e. The predicted molar refractivity (Wildman–Crippen MR) is 51.6 cm³/mol. The maximum atomic E-state index is 11.0. The van der Waals surface area contributed by atoms with Gasteiger partial charge >= 0.3 is 6.09 Å². The minimum Gasteiger partial charge on any atom is -0.450 e. The number of carbonyl (C=O) groups excluding carboxylic acids is 1. The van der Waals surface area contributed by atoms with Gasteiger partial charge in [0.25, 0.3) is 0 Å². The van der Waals surface area contributed by atoms with Gasteiger partial charge in [-0.15, -0.1) is 0 Å². The monoisotopic (exact) mass is 185 g/mol. The number of hydrogen-bond donors (Lipinski definition) is 1. The summed E-state index contributed by atoms with van der Waals surface area (Å²) in [5.74, 6) is 0.690. The minimum atomic E-state index is -0.244. The fraction of sp³-hybridized carbons (Fsp3) is 0.900. The number of alkyl carbamates (subject to hydrolysis) is 1. The van der Waals surface area contributed by atoms with Gasteiger partial charge in [-0.05, 0) is 31.6 Å². The van der Waals surface area contributed by atoms with Crippen LogP contribution in [0.4, 0.5) is 4.79 Å². The van der Waals surface area contributed by atoms with Crippen molar-refractivity contribution < 1.29 is 9.53 Å². The third kappa shape index (κ3) is 5.50. The molecule has 0 aromatic rings. The Labute approximate surface area is 79.8 Å². The highest BCUT2D eigenvalue weighted by Crippen LogP contribution is 2.18. The summed E-state index contributed by atoms with van der Waals surface area (Å²) in [6, 6.07) is 0.401. The second-order valence-corrected chi connectivity index (χ2v) is 4.09. The van der Waals surface area contributed by atoms with Gasteiger partial charge in [-0.2, -0.15) is 0 Å². The Balaban J connectivity index is 1.89. The Morgan fingerprint density at radius 1 is 1.54 bits per heavy atom. The molecule has 3 nitrogen and oxygen atoms in total. The number of rotatable bonds is 5. The summed E-state index contributed by atoms with van der Waals surface area (Å²) in [4.78, 5) is 11.0. The van der Waals surface area contributed by atoms with Crippen LogP contribution >= 0.6 is 0 Å². The van der Waals surface area contributed by atoms with Crippen LogP contribution in [0, 0.1) is 5.92 Å². The molecule has 0 spiro atoms. The van der Waals surface area contributed by atoms with Crippen LogP contribution in [0.1, 0.15) is 39.5 Å². The van der Waals surface area contributed by atoms with E-state index >= 15 is 0 Å². The lowest BCUT2D eigenvalue weighted by Crippen LogP contribution is -2.26. The number of carbonyl (C=O) groups is 1. The third-order valence-electron chi connectivity index (χ3n) is 2.06. The van der Waals surface area contributed by atoms with E-state index in [0.29, 0.717) is 18.6 Å². The fourth-order valence-electron chi connectivity index (χ4n) is 1.09. The van der Waals surface area contributed by atoms with Gasteiger partial charge < -0.3 is 10.1 Å². The number of ether oxygens (including phenoxy) is 1. The van der Waals surface area contributed by atoms with E-state index in [1.165, 1.54) is 0 Å². The summed E-state index contributed by atoms with van der Waals surface area (Å²) >= 11 is 0. The molecule has 76 valence electrons. The zero-order valence-electron chi connectivity index (χ0n) is 8.51.